The molecule has 0 saturated carbocycles. The largest absolute Gasteiger partial charge is 0.317 e. The van der Waals surface area contributed by atoms with Crippen molar-refractivity contribution in [2.75, 3.05) is 18.8 Å². The number of hydrogen-bond acceptors (Lipinski definition) is 2. The lowest BCUT2D eigenvalue weighted by Gasteiger charge is -2.22. The number of thioether (sulfide) groups is 1. The van der Waals surface area contributed by atoms with Gasteiger partial charge in [0, 0.05) is 15.7 Å². The van der Waals surface area contributed by atoms with Crippen LogP contribution >= 0.6 is 23.4 Å². The van der Waals surface area contributed by atoms with Gasteiger partial charge in [-0.3, -0.25) is 0 Å². The Morgan fingerprint density at radius 1 is 1.33 bits per heavy atom. The average molecular weight is 242 g/mol. The van der Waals surface area contributed by atoms with Gasteiger partial charge in [0.25, 0.3) is 0 Å². The minimum absolute atomic E-state index is 0.838. The molecule has 1 heterocycles. The zero-order valence-corrected chi connectivity index (χ0v) is 10.3. The van der Waals surface area contributed by atoms with E-state index < -0.39 is 0 Å². The van der Waals surface area contributed by atoms with Crippen LogP contribution in [0, 0.1) is 5.92 Å². The number of halogens is 1. The van der Waals surface area contributed by atoms with Gasteiger partial charge in [0.05, 0.1) is 0 Å². The van der Waals surface area contributed by atoms with Gasteiger partial charge < -0.3 is 5.32 Å². The SMILES string of the molecule is Clc1cccc(SCC2CCNCC2)c1. The number of rotatable bonds is 3. The molecule has 0 unspecified atom stereocenters. The summed E-state index contributed by atoms with van der Waals surface area (Å²) in [5.41, 5.74) is 0. The van der Waals surface area contributed by atoms with Gasteiger partial charge >= 0.3 is 0 Å². The Hall–Kier alpha value is -0.180. The highest BCUT2D eigenvalue weighted by Gasteiger charge is 2.12. The van der Waals surface area contributed by atoms with E-state index in [1.807, 2.05) is 30.0 Å². The zero-order chi connectivity index (χ0) is 10.5. The topological polar surface area (TPSA) is 12.0 Å². The Balaban J connectivity index is 1.81. The lowest BCUT2D eigenvalue weighted by atomic mass is 10.0. The second-order valence-electron chi connectivity index (χ2n) is 3.96. The maximum absolute atomic E-state index is 5.94. The van der Waals surface area contributed by atoms with Crippen molar-refractivity contribution < 1.29 is 0 Å². The second-order valence-corrected chi connectivity index (χ2v) is 5.49. The van der Waals surface area contributed by atoms with E-state index in [9.17, 15) is 0 Å². The highest BCUT2D eigenvalue weighted by atomic mass is 35.5. The molecule has 0 radical (unpaired) electrons. The van der Waals surface area contributed by atoms with Crippen LogP contribution in [0.4, 0.5) is 0 Å². The molecule has 2 rings (SSSR count). The number of nitrogens with one attached hydrogen (secondary N) is 1. The third-order valence-electron chi connectivity index (χ3n) is 2.74. The van der Waals surface area contributed by atoms with Crippen molar-refractivity contribution in [2.24, 2.45) is 5.92 Å². The molecule has 0 aliphatic carbocycles. The van der Waals surface area contributed by atoms with E-state index in [0.717, 1.165) is 10.9 Å². The van der Waals surface area contributed by atoms with Crippen LogP contribution in [0.5, 0.6) is 0 Å². The standard InChI is InChI=1S/C12H16ClNS/c13-11-2-1-3-12(8-11)15-9-10-4-6-14-7-5-10/h1-3,8,10,14H,4-7,9H2. The fourth-order valence-corrected chi connectivity index (χ4v) is 3.22. The maximum Gasteiger partial charge on any atom is 0.0417 e. The molecule has 0 spiro atoms. The molecule has 1 nitrogen and oxygen atoms in total. The van der Waals surface area contributed by atoms with Gasteiger partial charge in [-0.1, -0.05) is 17.7 Å². The molecule has 0 aromatic heterocycles. The van der Waals surface area contributed by atoms with E-state index in [2.05, 4.69) is 11.4 Å². The Morgan fingerprint density at radius 2 is 2.13 bits per heavy atom. The smallest absolute Gasteiger partial charge is 0.0417 e. The predicted octanol–water partition coefficient (Wildman–Crippen LogP) is 3.43. The van der Waals surface area contributed by atoms with Crippen molar-refractivity contribution in [1.29, 1.82) is 0 Å². The fraction of sp³-hybridized carbons (Fsp3) is 0.500. The predicted molar refractivity (Wildman–Crippen MR) is 67.8 cm³/mol. The normalized spacial score (nSPS) is 17.9. The van der Waals surface area contributed by atoms with Crippen LogP contribution in [0.2, 0.25) is 5.02 Å². The highest BCUT2D eigenvalue weighted by molar-refractivity contribution is 7.99. The molecule has 3 heteroatoms. The molecule has 1 fully saturated rings. The van der Waals surface area contributed by atoms with E-state index in [0.29, 0.717) is 0 Å². The van der Waals surface area contributed by atoms with Crippen LogP contribution in [0.3, 0.4) is 0 Å². The van der Waals surface area contributed by atoms with Gasteiger partial charge in [-0.15, -0.1) is 11.8 Å². The third-order valence-corrected chi connectivity index (χ3v) is 4.20. The van der Waals surface area contributed by atoms with E-state index in [1.165, 1.54) is 36.6 Å². The fourth-order valence-electron chi connectivity index (χ4n) is 1.82. The van der Waals surface area contributed by atoms with Crippen molar-refractivity contribution in [3.8, 4) is 0 Å². The first-order valence-electron chi connectivity index (χ1n) is 5.44. The van der Waals surface area contributed by atoms with Crippen molar-refractivity contribution in [1.82, 2.24) is 5.32 Å². The highest BCUT2D eigenvalue weighted by Crippen LogP contribution is 2.26. The summed E-state index contributed by atoms with van der Waals surface area (Å²) in [5.74, 6) is 2.09. The number of benzene rings is 1. The van der Waals surface area contributed by atoms with Crippen LogP contribution in [0.15, 0.2) is 29.2 Å². The Labute approximate surface area is 101 Å². The summed E-state index contributed by atoms with van der Waals surface area (Å²) in [6, 6.07) is 8.13. The zero-order valence-electron chi connectivity index (χ0n) is 8.71. The van der Waals surface area contributed by atoms with E-state index in [1.54, 1.807) is 0 Å². The minimum atomic E-state index is 0.838. The quantitative estimate of drug-likeness (QED) is 0.814. The first kappa shape index (κ1) is 11.3. The van der Waals surface area contributed by atoms with Crippen LogP contribution in [0.1, 0.15) is 12.8 Å². The average Bonchev–Trinajstić information content (AvgIpc) is 2.28. The van der Waals surface area contributed by atoms with E-state index >= 15 is 0 Å². The monoisotopic (exact) mass is 241 g/mol. The number of hydrogen-bond donors (Lipinski definition) is 1. The molecule has 15 heavy (non-hydrogen) atoms. The van der Waals surface area contributed by atoms with E-state index in [4.69, 9.17) is 11.6 Å². The Morgan fingerprint density at radius 3 is 2.87 bits per heavy atom. The first-order valence-corrected chi connectivity index (χ1v) is 6.80. The summed E-state index contributed by atoms with van der Waals surface area (Å²) in [4.78, 5) is 1.29. The van der Waals surface area contributed by atoms with Crippen LogP contribution in [0.25, 0.3) is 0 Å². The molecule has 1 aromatic rings. The van der Waals surface area contributed by atoms with Crippen molar-refractivity contribution in [3.63, 3.8) is 0 Å². The van der Waals surface area contributed by atoms with Crippen LogP contribution in [-0.2, 0) is 0 Å². The Kier molecular flexibility index (Phi) is 4.36. The van der Waals surface area contributed by atoms with Gasteiger partial charge in [0.1, 0.15) is 0 Å². The molecule has 0 amide bonds. The van der Waals surface area contributed by atoms with Gasteiger partial charge in [-0.25, -0.2) is 0 Å². The molecule has 0 atom stereocenters. The molecular weight excluding hydrogens is 226 g/mol. The van der Waals surface area contributed by atoms with E-state index in [-0.39, 0.29) is 0 Å². The summed E-state index contributed by atoms with van der Waals surface area (Å²) >= 11 is 7.87. The summed E-state index contributed by atoms with van der Waals surface area (Å²) in [5, 5.41) is 4.23. The van der Waals surface area contributed by atoms with Crippen molar-refractivity contribution in [3.05, 3.63) is 29.3 Å². The molecule has 1 N–H and O–H groups in total. The summed E-state index contributed by atoms with van der Waals surface area (Å²) in [6.45, 7) is 2.36. The van der Waals surface area contributed by atoms with Gasteiger partial charge in [0.15, 0.2) is 0 Å². The summed E-state index contributed by atoms with van der Waals surface area (Å²) < 4.78 is 0. The Bertz CT molecular complexity index is 310. The second kappa shape index (κ2) is 5.78. The molecule has 1 aromatic carbocycles. The molecular formula is C12H16ClNS. The third kappa shape index (κ3) is 3.71. The lowest BCUT2D eigenvalue weighted by Crippen LogP contribution is -2.28. The minimum Gasteiger partial charge on any atom is -0.317 e. The van der Waals surface area contributed by atoms with Crippen LogP contribution < -0.4 is 5.32 Å². The van der Waals surface area contributed by atoms with Crippen molar-refractivity contribution in [2.45, 2.75) is 17.7 Å². The molecule has 1 aliphatic rings. The van der Waals surface area contributed by atoms with Gasteiger partial charge in [-0.05, 0) is 50.0 Å². The molecule has 1 saturated heterocycles. The van der Waals surface area contributed by atoms with Crippen LogP contribution in [-0.4, -0.2) is 18.8 Å². The maximum atomic E-state index is 5.94. The lowest BCUT2D eigenvalue weighted by molar-refractivity contribution is 0.408. The van der Waals surface area contributed by atoms with Gasteiger partial charge in [-0.2, -0.15) is 0 Å². The number of piperidine rings is 1. The van der Waals surface area contributed by atoms with Gasteiger partial charge in [0.2, 0.25) is 0 Å². The molecule has 1 aliphatic heterocycles. The molecule has 0 bridgehead atoms. The molecule has 82 valence electrons. The summed E-state index contributed by atoms with van der Waals surface area (Å²) in [6.07, 6.45) is 2.63. The first-order chi connectivity index (χ1) is 7.34. The summed E-state index contributed by atoms with van der Waals surface area (Å²) in [7, 11) is 0. The van der Waals surface area contributed by atoms with Crippen molar-refractivity contribution >= 4 is 23.4 Å².